The molecule has 1 aromatic carbocycles. The minimum absolute atomic E-state index is 0.123. The molecule has 2 aromatic rings. The molecule has 0 atom stereocenters. The number of nitrogens with zero attached hydrogens (tertiary/aromatic N) is 1. The Balaban J connectivity index is 2.20. The SMILES string of the molecule is C#CCNCC1=Cc2cc(S(N)(=O)=O)sc2S(=O)(=O)N1c1ccc(OC)c(OC)c1. The van der Waals surface area contributed by atoms with E-state index in [2.05, 4.69) is 11.2 Å². The topological polar surface area (TPSA) is 128 Å². The Morgan fingerprint density at radius 2 is 1.93 bits per heavy atom. The summed E-state index contributed by atoms with van der Waals surface area (Å²) in [6.07, 6.45) is 6.85. The van der Waals surface area contributed by atoms with Crippen LogP contribution >= 0.6 is 11.3 Å². The summed E-state index contributed by atoms with van der Waals surface area (Å²) in [6, 6.07) is 5.91. The Morgan fingerprint density at radius 3 is 2.53 bits per heavy atom. The summed E-state index contributed by atoms with van der Waals surface area (Å²) in [5.74, 6) is 3.19. The first kappa shape index (κ1) is 22.1. The first-order chi connectivity index (χ1) is 14.1. The number of nitrogens with two attached hydrogens (primary N) is 1. The second-order valence-corrected chi connectivity index (χ2v) is 10.9. The zero-order valence-electron chi connectivity index (χ0n) is 16.1. The number of anilines is 1. The Kier molecular flexibility index (Phi) is 6.11. The van der Waals surface area contributed by atoms with Crippen LogP contribution in [0.15, 0.2) is 38.4 Å². The predicted molar refractivity (Wildman–Crippen MR) is 115 cm³/mol. The van der Waals surface area contributed by atoms with Gasteiger partial charge in [0.2, 0.25) is 10.0 Å². The number of primary sulfonamides is 1. The molecule has 2 heterocycles. The average Bonchev–Trinajstić information content (AvgIpc) is 3.13. The van der Waals surface area contributed by atoms with Gasteiger partial charge >= 0.3 is 0 Å². The third-order valence-electron chi connectivity index (χ3n) is 4.18. The zero-order chi connectivity index (χ0) is 22.1. The Morgan fingerprint density at radius 1 is 1.23 bits per heavy atom. The van der Waals surface area contributed by atoms with Crippen LogP contribution in [-0.2, 0) is 20.0 Å². The van der Waals surface area contributed by atoms with Gasteiger partial charge in [0.05, 0.1) is 26.5 Å². The van der Waals surface area contributed by atoms with Crippen molar-refractivity contribution in [2.75, 3.05) is 31.6 Å². The van der Waals surface area contributed by atoms with Crippen molar-refractivity contribution in [2.24, 2.45) is 5.14 Å². The van der Waals surface area contributed by atoms with Gasteiger partial charge < -0.3 is 14.8 Å². The standard InChI is InChI=1S/C18H19N3O6S3/c1-4-7-20-11-14-8-12-9-17(29(19,22)23)28-18(12)30(24,25)21(14)13-5-6-15(26-2)16(10-13)27-3/h1,5-6,8-10,20H,7,11H2,2-3H3,(H2,19,22,23). The zero-order valence-corrected chi connectivity index (χ0v) is 18.5. The summed E-state index contributed by atoms with van der Waals surface area (Å²) in [5.41, 5.74) is 0.889. The van der Waals surface area contributed by atoms with E-state index in [-0.39, 0.29) is 32.8 Å². The molecule has 0 saturated carbocycles. The van der Waals surface area contributed by atoms with E-state index in [1.807, 2.05) is 0 Å². The normalized spacial score (nSPS) is 15.1. The second-order valence-electron chi connectivity index (χ2n) is 6.11. The van der Waals surface area contributed by atoms with E-state index in [0.717, 1.165) is 4.31 Å². The van der Waals surface area contributed by atoms with Crippen LogP contribution in [0.5, 0.6) is 11.5 Å². The lowest BCUT2D eigenvalue weighted by molar-refractivity contribution is 0.355. The fourth-order valence-electron chi connectivity index (χ4n) is 2.92. The van der Waals surface area contributed by atoms with Crippen LogP contribution in [0.3, 0.4) is 0 Å². The lowest BCUT2D eigenvalue weighted by Gasteiger charge is -2.30. The van der Waals surface area contributed by atoms with Crippen molar-refractivity contribution < 1.29 is 26.3 Å². The van der Waals surface area contributed by atoms with E-state index < -0.39 is 20.0 Å². The van der Waals surface area contributed by atoms with Crippen LogP contribution in [0.2, 0.25) is 0 Å². The van der Waals surface area contributed by atoms with E-state index in [1.165, 1.54) is 26.4 Å². The predicted octanol–water partition coefficient (Wildman–Crippen LogP) is 1.19. The Bertz CT molecular complexity index is 1260. The number of nitrogens with one attached hydrogen (secondary N) is 1. The van der Waals surface area contributed by atoms with Gasteiger partial charge in [-0.1, -0.05) is 5.92 Å². The number of rotatable bonds is 7. The Labute approximate surface area is 179 Å². The molecule has 3 N–H and O–H groups in total. The number of thiophene rings is 1. The van der Waals surface area contributed by atoms with Crippen LogP contribution in [0, 0.1) is 12.3 Å². The monoisotopic (exact) mass is 469 g/mol. The van der Waals surface area contributed by atoms with Gasteiger partial charge in [-0.25, -0.2) is 17.9 Å². The molecule has 0 amide bonds. The Hall–Kier alpha value is -2.56. The summed E-state index contributed by atoms with van der Waals surface area (Å²) in [5, 5.41) is 8.15. The number of ether oxygens (including phenoxy) is 2. The van der Waals surface area contributed by atoms with Crippen molar-refractivity contribution >= 4 is 43.1 Å². The molecular weight excluding hydrogens is 450 g/mol. The molecule has 160 valence electrons. The molecule has 30 heavy (non-hydrogen) atoms. The van der Waals surface area contributed by atoms with Crippen LogP contribution in [0.1, 0.15) is 5.56 Å². The fourth-order valence-corrected chi connectivity index (χ4v) is 7.01. The third-order valence-corrected chi connectivity index (χ3v) is 9.05. The number of methoxy groups -OCH3 is 2. The van der Waals surface area contributed by atoms with Crippen LogP contribution in [0.4, 0.5) is 5.69 Å². The molecule has 0 radical (unpaired) electrons. The van der Waals surface area contributed by atoms with Gasteiger partial charge in [0.25, 0.3) is 10.0 Å². The highest BCUT2D eigenvalue weighted by atomic mass is 32.3. The van der Waals surface area contributed by atoms with Gasteiger partial charge in [-0.2, -0.15) is 8.42 Å². The first-order valence-electron chi connectivity index (χ1n) is 8.42. The number of terminal acetylenes is 1. The van der Waals surface area contributed by atoms with Crippen LogP contribution in [-0.4, -0.2) is 44.1 Å². The molecule has 0 unspecified atom stereocenters. The average molecular weight is 470 g/mol. The second kappa shape index (κ2) is 8.29. The van der Waals surface area contributed by atoms with Crippen molar-refractivity contribution in [3.05, 3.63) is 35.5 Å². The number of hydrogen-bond donors (Lipinski definition) is 2. The van der Waals surface area contributed by atoms with Gasteiger partial charge in [-0.05, 0) is 24.3 Å². The largest absolute Gasteiger partial charge is 0.493 e. The molecular formula is C18H19N3O6S3. The number of hydrogen-bond acceptors (Lipinski definition) is 8. The molecule has 0 spiro atoms. The molecule has 9 nitrogen and oxygen atoms in total. The maximum Gasteiger partial charge on any atom is 0.278 e. The van der Waals surface area contributed by atoms with Crippen molar-refractivity contribution in [1.29, 1.82) is 0 Å². The lowest BCUT2D eigenvalue weighted by atomic mass is 10.2. The van der Waals surface area contributed by atoms with E-state index in [1.54, 1.807) is 18.2 Å². The number of fused-ring (bicyclic) bond motifs is 1. The molecule has 0 aliphatic carbocycles. The number of sulfonamides is 2. The molecule has 0 bridgehead atoms. The van der Waals surface area contributed by atoms with Crippen molar-refractivity contribution in [1.82, 2.24) is 5.32 Å². The highest BCUT2D eigenvalue weighted by Gasteiger charge is 2.37. The quantitative estimate of drug-likeness (QED) is 0.460. The van der Waals surface area contributed by atoms with Crippen LogP contribution < -0.4 is 24.2 Å². The maximum absolute atomic E-state index is 13.5. The fraction of sp³-hybridized carbons (Fsp3) is 0.222. The van der Waals surface area contributed by atoms with Gasteiger partial charge in [-0.15, -0.1) is 17.8 Å². The van der Waals surface area contributed by atoms with Gasteiger partial charge in [0, 0.05) is 23.9 Å². The molecule has 0 saturated heterocycles. The maximum atomic E-state index is 13.5. The van der Waals surface area contributed by atoms with Gasteiger partial charge in [0.15, 0.2) is 11.5 Å². The van der Waals surface area contributed by atoms with E-state index >= 15 is 0 Å². The highest BCUT2D eigenvalue weighted by molar-refractivity contribution is 7.96. The van der Waals surface area contributed by atoms with Crippen molar-refractivity contribution in [3.8, 4) is 23.8 Å². The summed E-state index contributed by atoms with van der Waals surface area (Å²) >= 11 is 0.600. The van der Waals surface area contributed by atoms with E-state index in [9.17, 15) is 16.8 Å². The molecule has 1 aromatic heterocycles. The molecule has 1 aliphatic rings. The summed E-state index contributed by atoms with van der Waals surface area (Å²) in [4.78, 5) is 0. The molecule has 1 aliphatic heterocycles. The van der Waals surface area contributed by atoms with Gasteiger partial charge in [0.1, 0.15) is 8.42 Å². The van der Waals surface area contributed by atoms with Gasteiger partial charge in [-0.3, -0.25) is 0 Å². The molecule has 3 rings (SSSR count). The number of benzene rings is 1. The first-order valence-corrected chi connectivity index (χ1v) is 12.2. The summed E-state index contributed by atoms with van der Waals surface area (Å²) < 4.78 is 61.7. The van der Waals surface area contributed by atoms with Crippen molar-refractivity contribution in [3.63, 3.8) is 0 Å². The van der Waals surface area contributed by atoms with Crippen LogP contribution in [0.25, 0.3) is 6.08 Å². The minimum atomic E-state index is -4.13. The van der Waals surface area contributed by atoms with Crippen molar-refractivity contribution in [2.45, 2.75) is 8.42 Å². The highest BCUT2D eigenvalue weighted by Crippen LogP contribution is 2.42. The van der Waals surface area contributed by atoms with E-state index in [4.69, 9.17) is 21.0 Å². The smallest absolute Gasteiger partial charge is 0.278 e. The molecule has 0 fully saturated rings. The summed E-state index contributed by atoms with van der Waals surface area (Å²) in [7, 11) is -5.28. The third kappa shape index (κ3) is 4.03. The molecule has 12 heteroatoms. The summed E-state index contributed by atoms with van der Waals surface area (Å²) in [6.45, 7) is 0.341. The lowest BCUT2D eigenvalue weighted by Crippen LogP contribution is -2.37. The van der Waals surface area contributed by atoms with E-state index in [0.29, 0.717) is 28.5 Å². The minimum Gasteiger partial charge on any atom is -0.493 e.